The molecular weight excluding hydrogens is 230 g/mol. The smallest absolute Gasteiger partial charge is 0.229 e. The molecule has 0 aliphatic heterocycles. The van der Waals surface area contributed by atoms with Crippen molar-refractivity contribution in [2.45, 2.75) is 6.54 Å². The van der Waals surface area contributed by atoms with Crippen molar-refractivity contribution in [1.82, 2.24) is 24.5 Å². The molecule has 0 unspecified atom stereocenters. The van der Waals surface area contributed by atoms with Gasteiger partial charge in [-0.05, 0) is 11.6 Å². The van der Waals surface area contributed by atoms with Crippen LogP contribution in [0.1, 0.15) is 5.82 Å². The topological polar surface area (TPSA) is 94.5 Å². The Labute approximate surface area is 96.7 Å². The third-order valence-electron chi connectivity index (χ3n) is 1.95. The van der Waals surface area contributed by atoms with Crippen LogP contribution in [-0.4, -0.2) is 24.5 Å². The fraction of sp³-hybridized carbons (Fsp3) is 0.250. The molecule has 2 heterocycles. The highest BCUT2D eigenvalue weighted by atomic mass is 35.5. The van der Waals surface area contributed by atoms with E-state index in [4.69, 9.17) is 17.3 Å². The number of nitrogen functional groups attached to an aromatic ring is 1. The predicted octanol–water partition coefficient (Wildman–Crippen LogP) is 0.453. The Morgan fingerprint density at radius 1 is 1.44 bits per heavy atom. The highest BCUT2D eigenvalue weighted by molar-refractivity contribution is 6.28. The molecule has 0 aliphatic carbocycles. The summed E-state index contributed by atoms with van der Waals surface area (Å²) < 4.78 is 1.89. The molecule has 2 aromatic heterocycles. The van der Waals surface area contributed by atoms with Crippen molar-refractivity contribution in [2.24, 2.45) is 7.05 Å². The van der Waals surface area contributed by atoms with Crippen LogP contribution < -0.4 is 11.1 Å². The normalized spacial score (nSPS) is 10.4. The average Bonchev–Trinajstić information content (AvgIpc) is 2.59. The minimum atomic E-state index is 0.0647. The molecule has 16 heavy (non-hydrogen) atoms. The molecule has 0 radical (unpaired) electrons. The zero-order valence-electron chi connectivity index (χ0n) is 8.55. The lowest BCUT2D eigenvalue weighted by atomic mass is 10.6. The van der Waals surface area contributed by atoms with Crippen molar-refractivity contribution in [2.75, 3.05) is 11.1 Å². The summed E-state index contributed by atoms with van der Waals surface area (Å²) in [5.74, 6) is 1.28. The number of hydrogen-bond donors (Lipinski definition) is 2. The molecule has 8 heteroatoms. The molecule has 0 aliphatic rings. The first kappa shape index (κ1) is 10.6. The number of anilines is 2. The Hall–Kier alpha value is -1.89. The fourth-order valence-corrected chi connectivity index (χ4v) is 1.34. The number of rotatable bonds is 3. The van der Waals surface area contributed by atoms with Gasteiger partial charge in [-0.3, -0.25) is 0 Å². The molecule has 0 fully saturated rings. The number of nitrogens with one attached hydrogen (secondary N) is 1. The van der Waals surface area contributed by atoms with Gasteiger partial charge in [-0.1, -0.05) is 0 Å². The van der Waals surface area contributed by atoms with Crippen LogP contribution >= 0.6 is 11.6 Å². The summed E-state index contributed by atoms with van der Waals surface area (Å²) in [5, 5.41) is 3.02. The van der Waals surface area contributed by atoms with Gasteiger partial charge >= 0.3 is 0 Å². The van der Waals surface area contributed by atoms with Crippen LogP contribution in [0.5, 0.6) is 0 Å². The van der Waals surface area contributed by atoms with E-state index in [0.29, 0.717) is 12.5 Å². The van der Waals surface area contributed by atoms with E-state index >= 15 is 0 Å². The number of aromatic nitrogens is 5. The van der Waals surface area contributed by atoms with Gasteiger partial charge in [0.05, 0.1) is 6.54 Å². The zero-order valence-corrected chi connectivity index (χ0v) is 9.31. The van der Waals surface area contributed by atoms with Crippen molar-refractivity contribution in [1.29, 1.82) is 0 Å². The maximum atomic E-state index is 5.64. The lowest BCUT2D eigenvalue weighted by molar-refractivity contribution is 0.807. The minimum Gasteiger partial charge on any atom is -0.368 e. The van der Waals surface area contributed by atoms with E-state index in [0.717, 1.165) is 5.82 Å². The second-order valence-electron chi connectivity index (χ2n) is 3.09. The van der Waals surface area contributed by atoms with E-state index in [-0.39, 0.29) is 11.2 Å². The van der Waals surface area contributed by atoms with Gasteiger partial charge in [-0.25, -0.2) is 4.98 Å². The van der Waals surface area contributed by atoms with Gasteiger partial charge in [0.25, 0.3) is 0 Å². The summed E-state index contributed by atoms with van der Waals surface area (Å²) in [6, 6.07) is 0. The number of imidazole rings is 1. The van der Waals surface area contributed by atoms with Crippen LogP contribution in [0.2, 0.25) is 5.28 Å². The average molecular weight is 240 g/mol. The maximum Gasteiger partial charge on any atom is 0.229 e. The van der Waals surface area contributed by atoms with E-state index in [1.165, 1.54) is 0 Å². The Kier molecular flexibility index (Phi) is 2.86. The highest BCUT2D eigenvalue weighted by Gasteiger charge is 2.03. The summed E-state index contributed by atoms with van der Waals surface area (Å²) >= 11 is 5.64. The lowest BCUT2D eigenvalue weighted by Gasteiger charge is -2.05. The monoisotopic (exact) mass is 239 g/mol. The Morgan fingerprint density at radius 3 is 2.88 bits per heavy atom. The fourth-order valence-electron chi connectivity index (χ4n) is 1.17. The Balaban J connectivity index is 2.07. The summed E-state index contributed by atoms with van der Waals surface area (Å²) in [6.45, 7) is 0.489. The van der Waals surface area contributed by atoms with Crippen molar-refractivity contribution >= 4 is 23.5 Å². The number of nitrogens with two attached hydrogens (primary N) is 1. The molecule has 0 saturated carbocycles. The second kappa shape index (κ2) is 4.31. The van der Waals surface area contributed by atoms with Crippen LogP contribution in [0.15, 0.2) is 12.4 Å². The summed E-state index contributed by atoms with van der Waals surface area (Å²) in [5.41, 5.74) is 5.43. The van der Waals surface area contributed by atoms with Crippen LogP contribution in [-0.2, 0) is 13.6 Å². The van der Waals surface area contributed by atoms with E-state index in [9.17, 15) is 0 Å². The van der Waals surface area contributed by atoms with Gasteiger partial charge in [-0.2, -0.15) is 15.0 Å². The van der Waals surface area contributed by atoms with Crippen LogP contribution in [0.25, 0.3) is 0 Å². The third-order valence-corrected chi connectivity index (χ3v) is 2.12. The van der Waals surface area contributed by atoms with Crippen molar-refractivity contribution in [3.05, 3.63) is 23.5 Å². The maximum absolute atomic E-state index is 5.64. The van der Waals surface area contributed by atoms with Crippen LogP contribution in [0, 0.1) is 0 Å². The van der Waals surface area contributed by atoms with E-state index in [1.807, 2.05) is 17.8 Å². The predicted molar refractivity (Wildman–Crippen MR) is 59.8 cm³/mol. The number of aryl methyl sites for hydroxylation is 1. The van der Waals surface area contributed by atoms with Gasteiger partial charge in [0.15, 0.2) is 0 Å². The quantitative estimate of drug-likeness (QED) is 0.808. The lowest BCUT2D eigenvalue weighted by Crippen LogP contribution is -2.10. The number of hydrogen-bond acceptors (Lipinski definition) is 6. The summed E-state index contributed by atoms with van der Waals surface area (Å²) in [7, 11) is 1.90. The second-order valence-corrected chi connectivity index (χ2v) is 3.43. The van der Waals surface area contributed by atoms with Crippen molar-refractivity contribution in [3.63, 3.8) is 0 Å². The van der Waals surface area contributed by atoms with Gasteiger partial charge in [0, 0.05) is 19.4 Å². The first-order chi connectivity index (χ1) is 7.65. The molecule has 2 rings (SSSR count). The van der Waals surface area contributed by atoms with E-state index in [1.54, 1.807) is 6.20 Å². The highest BCUT2D eigenvalue weighted by Crippen LogP contribution is 2.07. The third kappa shape index (κ3) is 2.37. The Morgan fingerprint density at radius 2 is 2.25 bits per heavy atom. The first-order valence-electron chi connectivity index (χ1n) is 4.52. The zero-order chi connectivity index (χ0) is 11.5. The van der Waals surface area contributed by atoms with Crippen LogP contribution in [0.3, 0.4) is 0 Å². The molecular formula is C8H10ClN7. The molecule has 84 valence electrons. The van der Waals surface area contributed by atoms with Gasteiger partial charge in [0.2, 0.25) is 17.2 Å². The first-order valence-corrected chi connectivity index (χ1v) is 4.90. The molecule has 7 nitrogen and oxygen atoms in total. The van der Waals surface area contributed by atoms with Crippen LogP contribution in [0.4, 0.5) is 11.9 Å². The summed E-state index contributed by atoms with van der Waals surface area (Å²) in [6.07, 6.45) is 3.57. The van der Waals surface area contributed by atoms with Gasteiger partial charge < -0.3 is 15.6 Å². The molecule has 0 bridgehead atoms. The molecule has 0 aromatic carbocycles. The van der Waals surface area contributed by atoms with Gasteiger partial charge in [-0.15, -0.1) is 0 Å². The molecule has 3 N–H and O–H groups in total. The summed E-state index contributed by atoms with van der Waals surface area (Å²) in [4.78, 5) is 15.6. The standard InChI is InChI=1S/C8H10ClN7/c1-16-3-2-11-5(16)4-12-8-14-6(9)13-7(10)15-8/h2-3H,4H2,1H3,(H3,10,12,13,14,15). The van der Waals surface area contributed by atoms with Gasteiger partial charge in [0.1, 0.15) is 5.82 Å². The molecule has 0 spiro atoms. The van der Waals surface area contributed by atoms with E-state index < -0.39 is 0 Å². The molecule has 2 aromatic rings. The van der Waals surface area contributed by atoms with Crippen molar-refractivity contribution in [3.8, 4) is 0 Å². The molecule has 0 saturated heterocycles. The minimum absolute atomic E-state index is 0.0647. The van der Waals surface area contributed by atoms with E-state index in [2.05, 4.69) is 25.3 Å². The number of halogens is 1. The largest absolute Gasteiger partial charge is 0.368 e. The molecule has 0 amide bonds. The van der Waals surface area contributed by atoms with Crippen molar-refractivity contribution < 1.29 is 0 Å². The number of nitrogens with zero attached hydrogens (tertiary/aromatic N) is 5. The SMILES string of the molecule is Cn1ccnc1CNc1nc(N)nc(Cl)n1. The molecule has 0 atom stereocenters. The Bertz CT molecular complexity index is 475.